The van der Waals surface area contributed by atoms with Gasteiger partial charge in [-0.1, -0.05) is 32.9 Å². The van der Waals surface area contributed by atoms with E-state index in [1.807, 2.05) is 29.2 Å². The molecule has 0 unspecified atom stereocenters. The van der Waals surface area contributed by atoms with Crippen LogP contribution in [0.4, 0.5) is 5.69 Å². The molecule has 1 fully saturated rings. The normalized spacial score (nSPS) is 17.0. The third-order valence-electron chi connectivity index (χ3n) is 4.68. The number of nitrogens with zero attached hydrogens (tertiary/aromatic N) is 1. The van der Waals surface area contributed by atoms with E-state index < -0.39 is 0 Å². The van der Waals surface area contributed by atoms with Gasteiger partial charge in [-0.05, 0) is 48.3 Å². The fraction of sp³-hybridized carbons (Fsp3) is 0.611. The Bertz CT molecular complexity index is 465. The minimum absolute atomic E-state index is 0.291. The lowest BCUT2D eigenvalue weighted by Gasteiger charge is -2.38. The zero-order chi connectivity index (χ0) is 15.5. The molecule has 1 heterocycles. The smallest absolute Gasteiger partial charge is 0.222 e. The first kappa shape index (κ1) is 15.9. The molecule has 1 amide bonds. The van der Waals surface area contributed by atoms with Crippen LogP contribution >= 0.6 is 0 Å². The van der Waals surface area contributed by atoms with Gasteiger partial charge < -0.3 is 10.6 Å². The van der Waals surface area contributed by atoms with Gasteiger partial charge in [0.25, 0.3) is 0 Å². The largest absolute Gasteiger partial charge is 0.399 e. The van der Waals surface area contributed by atoms with Crippen molar-refractivity contribution in [1.82, 2.24) is 4.90 Å². The van der Waals surface area contributed by atoms with Crippen molar-refractivity contribution in [2.24, 2.45) is 11.3 Å². The summed E-state index contributed by atoms with van der Waals surface area (Å²) in [4.78, 5) is 14.3. The Labute approximate surface area is 128 Å². The van der Waals surface area contributed by atoms with Crippen LogP contribution in [0.1, 0.15) is 45.6 Å². The molecule has 2 rings (SSSR count). The average Bonchev–Trinajstić information content (AvgIpc) is 2.45. The summed E-state index contributed by atoms with van der Waals surface area (Å²) in [5.41, 5.74) is 7.99. The van der Waals surface area contributed by atoms with Gasteiger partial charge in [0, 0.05) is 25.2 Å². The lowest BCUT2D eigenvalue weighted by Crippen LogP contribution is -2.41. The summed E-state index contributed by atoms with van der Waals surface area (Å²) in [5, 5.41) is 0. The van der Waals surface area contributed by atoms with Crippen LogP contribution in [0.25, 0.3) is 0 Å². The predicted octanol–water partition coefficient (Wildman–Crippen LogP) is 3.49. The maximum Gasteiger partial charge on any atom is 0.222 e. The number of aryl methyl sites for hydroxylation is 1. The molecule has 0 aliphatic carbocycles. The van der Waals surface area contributed by atoms with Gasteiger partial charge in [-0.15, -0.1) is 0 Å². The minimum atomic E-state index is 0.291. The monoisotopic (exact) mass is 288 g/mol. The molecule has 3 nitrogen and oxygen atoms in total. The summed E-state index contributed by atoms with van der Waals surface area (Å²) >= 11 is 0. The number of rotatable bonds is 3. The van der Waals surface area contributed by atoms with Crippen LogP contribution in [0.2, 0.25) is 0 Å². The lowest BCUT2D eigenvalue weighted by molar-refractivity contribution is -0.133. The van der Waals surface area contributed by atoms with Crippen molar-refractivity contribution in [3.63, 3.8) is 0 Å². The quantitative estimate of drug-likeness (QED) is 0.865. The van der Waals surface area contributed by atoms with E-state index >= 15 is 0 Å². The summed E-state index contributed by atoms with van der Waals surface area (Å²) in [6, 6.07) is 7.81. The van der Waals surface area contributed by atoms with E-state index in [-0.39, 0.29) is 0 Å². The van der Waals surface area contributed by atoms with E-state index in [4.69, 9.17) is 5.73 Å². The molecule has 0 bridgehead atoms. The van der Waals surface area contributed by atoms with Crippen LogP contribution in [0.5, 0.6) is 0 Å². The maximum absolute atomic E-state index is 12.3. The second-order valence-electron chi connectivity index (χ2n) is 7.26. The van der Waals surface area contributed by atoms with Gasteiger partial charge in [0.1, 0.15) is 0 Å². The van der Waals surface area contributed by atoms with Crippen LogP contribution in [0, 0.1) is 11.3 Å². The van der Waals surface area contributed by atoms with Crippen LogP contribution in [-0.2, 0) is 11.2 Å². The zero-order valence-corrected chi connectivity index (χ0v) is 13.6. The molecule has 3 heteroatoms. The fourth-order valence-corrected chi connectivity index (χ4v) is 3.09. The van der Waals surface area contributed by atoms with Gasteiger partial charge in [-0.25, -0.2) is 0 Å². The van der Waals surface area contributed by atoms with E-state index in [0.717, 1.165) is 44.0 Å². The third-order valence-corrected chi connectivity index (χ3v) is 4.68. The van der Waals surface area contributed by atoms with E-state index in [9.17, 15) is 4.79 Å². The summed E-state index contributed by atoms with van der Waals surface area (Å²) in [6.07, 6.45) is 3.68. The number of hydrogen-bond donors (Lipinski definition) is 1. The predicted molar refractivity (Wildman–Crippen MR) is 87.9 cm³/mol. The first-order valence-corrected chi connectivity index (χ1v) is 7.98. The summed E-state index contributed by atoms with van der Waals surface area (Å²) in [5.74, 6) is 1.03. The van der Waals surface area contributed by atoms with Gasteiger partial charge in [0.15, 0.2) is 0 Å². The highest BCUT2D eigenvalue weighted by Gasteiger charge is 2.30. The van der Waals surface area contributed by atoms with Crippen LogP contribution in [-0.4, -0.2) is 23.9 Å². The Hall–Kier alpha value is -1.51. The first-order valence-electron chi connectivity index (χ1n) is 7.98. The molecule has 1 aliphatic heterocycles. The lowest BCUT2D eigenvalue weighted by atomic mass is 9.75. The van der Waals surface area contributed by atoms with Crippen molar-refractivity contribution in [2.45, 2.75) is 46.5 Å². The molecule has 1 aromatic rings. The van der Waals surface area contributed by atoms with Crippen molar-refractivity contribution in [2.75, 3.05) is 18.8 Å². The topological polar surface area (TPSA) is 46.3 Å². The van der Waals surface area contributed by atoms with Crippen molar-refractivity contribution in [3.05, 3.63) is 29.8 Å². The molecule has 1 aliphatic rings. The van der Waals surface area contributed by atoms with Gasteiger partial charge >= 0.3 is 0 Å². The second-order valence-corrected chi connectivity index (χ2v) is 7.26. The third kappa shape index (κ3) is 4.48. The summed E-state index contributed by atoms with van der Waals surface area (Å²) < 4.78 is 0. The van der Waals surface area contributed by atoms with Gasteiger partial charge in [0.2, 0.25) is 5.91 Å². The number of nitrogens with two attached hydrogens (primary N) is 1. The summed E-state index contributed by atoms with van der Waals surface area (Å²) in [6.45, 7) is 8.74. The molecule has 2 N–H and O–H groups in total. The van der Waals surface area contributed by atoms with E-state index in [1.54, 1.807) is 0 Å². The molecule has 0 saturated carbocycles. The Morgan fingerprint density at radius 2 is 1.76 bits per heavy atom. The number of carbonyl (C=O) groups excluding carboxylic acids is 1. The van der Waals surface area contributed by atoms with Gasteiger partial charge in [-0.3, -0.25) is 4.79 Å². The zero-order valence-electron chi connectivity index (χ0n) is 13.6. The van der Waals surface area contributed by atoms with Crippen LogP contribution in [0.3, 0.4) is 0 Å². The number of anilines is 1. The highest BCUT2D eigenvalue weighted by molar-refractivity contribution is 5.76. The SMILES string of the molecule is CC(C)(C)C1CCN(C(=O)CCc2ccc(N)cc2)CC1. The van der Waals surface area contributed by atoms with E-state index in [1.165, 1.54) is 5.56 Å². The van der Waals surface area contributed by atoms with Crippen LogP contribution in [0.15, 0.2) is 24.3 Å². The van der Waals surface area contributed by atoms with Gasteiger partial charge in [-0.2, -0.15) is 0 Å². The Morgan fingerprint density at radius 1 is 1.19 bits per heavy atom. The standard InChI is InChI=1S/C18H28N2O/c1-18(2,3)15-10-12-20(13-11-15)17(21)9-6-14-4-7-16(19)8-5-14/h4-5,7-8,15H,6,9-13,19H2,1-3H3. The maximum atomic E-state index is 12.3. The molecule has 0 radical (unpaired) electrons. The Morgan fingerprint density at radius 3 is 2.29 bits per heavy atom. The number of amides is 1. The highest BCUT2D eigenvalue weighted by atomic mass is 16.2. The Balaban J connectivity index is 1.78. The number of carbonyl (C=O) groups is 1. The van der Waals surface area contributed by atoms with Crippen molar-refractivity contribution in [3.8, 4) is 0 Å². The first-order chi connectivity index (χ1) is 9.86. The molecular formula is C18H28N2O. The molecule has 0 spiro atoms. The van der Waals surface area contributed by atoms with Crippen molar-refractivity contribution < 1.29 is 4.79 Å². The molecule has 1 saturated heterocycles. The van der Waals surface area contributed by atoms with Crippen LogP contribution < -0.4 is 5.73 Å². The number of likely N-dealkylation sites (tertiary alicyclic amines) is 1. The molecule has 0 atom stereocenters. The number of benzene rings is 1. The second kappa shape index (κ2) is 6.50. The molecule has 21 heavy (non-hydrogen) atoms. The van der Waals surface area contributed by atoms with Gasteiger partial charge in [0.05, 0.1) is 0 Å². The van der Waals surface area contributed by atoms with Crippen molar-refractivity contribution in [1.29, 1.82) is 0 Å². The molecule has 1 aromatic carbocycles. The number of nitrogen functional groups attached to an aromatic ring is 1. The summed E-state index contributed by atoms with van der Waals surface area (Å²) in [7, 11) is 0. The highest BCUT2D eigenvalue weighted by Crippen LogP contribution is 2.34. The van der Waals surface area contributed by atoms with Crippen molar-refractivity contribution >= 4 is 11.6 Å². The average molecular weight is 288 g/mol. The molecule has 116 valence electrons. The van der Waals surface area contributed by atoms with E-state index in [0.29, 0.717) is 17.7 Å². The fourth-order valence-electron chi connectivity index (χ4n) is 3.09. The Kier molecular flexibility index (Phi) is 4.92. The number of piperidine rings is 1. The molecule has 0 aromatic heterocycles. The molecular weight excluding hydrogens is 260 g/mol. The number of hydrogen-bond acceptors (Lipinski definition) is 2. The van der Waals surface area contributed by atoms with E-state index in [2.05, 4.69) is 20.8 Å². The minimum Gasteiger partial charge on any atom is -0.399 e.